The van der Waals surface area contributed by atoms with E-state index in [-0.39, 0.29) is 18.2 Å². The number of esters is 1. The Kier molecular flexibility index (Phi) is 3.04. The summed E-state index contributed by atoms with van der Waals surface area (Å²) in [5, 5.41) is 13.6. The SMILES string of the molecule is CCOC(=O)c1cc(O)n(-c2ccccn2)n1. The summed E-state index contributed by atoms with van der Waals surface area (Å²) < 4.78 is 5.96. The van der Waals surface area contributed by atoms with E-state index in [1.807, 2.05) is 0 Å². The fraction of sp³-hybridized carbons (Fsp3) is 0.182. The molecule has 0 amide bonds. The second-order valence-corrected chi connectivity index (χ2v) is 3.21. The lowest BCUT2D eigenvalue weighted by Gasteiger charge is -2.00. The van der Waals surface area contributed by atoms with Gasteiger partial charge in [-0.3, -0.25) is 0 Å². The van der Waals surface area contributed by atoms with Gasteiger partial charge in [0, 0.05) is 12.3 Å². The molecule has 1 N–H and O–H groups in total. The zero-order chi connectivity index (χ0) is 12.3. The zero-order valence-corrected chi connectivity index (χ0v) is 9.20. The molecule has 0 bridgehead atoms. The van der Waals surface area contributed by atoms with Crippen LogP contribution in [0.2, 0.25) is 0 Å². The van der Waals surface area contributed by atoms with Crippen molar-refractivity contribution in [1.82, 2.24) is 14.8 Å². The Morgan fingerprint density at radius 1 is 1.53 bits per heavy atom. The molecule has 0 aromatic carbocycles. The van der Waals surface area contributed by atoms with Gasteiger partial charge in [-0.1, -0.05) is 6.07 Å². The number of aromatic hydroxyl groups is 1. The first-order valence-corrected chi connectivity index (χ1v) is 5.10. The van der Waals surface area contributed by atoms with Crippen LogP contribution in [0.5, 0.6) is 5.88 Å². The zero-order valence-electron chi connectivity index (χ0n) is 9.20. The Balaban J connectivity index is 2.35. The fourth-order valence-corrected chi connectivity index (χ4v) is 1.32. The molecule has 2 aromatic heterocycles. The van der Waals surface area contributed by atoms with E-state index in [1.54, 1.807) is 31.3 Å². The lowest BCUT2D eigenvalue weighted by Crippen LogP contribution is -2.07. The van der Waals surface area contributed by atoms with E-state index in [1.165, 1.54) is 10.7 Å². The normalized spacial score (nSPS) is 10.2. The molecule has 0 unspecified atom stereocenters. The molecule has 0 saturated heterocycles. The van der Waals surface area contributed by atoms with Crippen molar-refractivity contribution in [2.45, 2.75) is 6.92 Å². The van der Waals surface area contributed by atoms with Gasteiger partial charge in [0.15, 0.2) is 11.5 Å². The number of pyridine rings is 1. The highest BCUT2D eigenvalue weighted by Crippen LogP contribution is 2.16. The summed E-state index contributed by atoms with van der Waals surface area (Å²) in [5.41, 5.74) is 0.0509. The summed E-state index contributed by atoms with van der Waals surface area (Å²) in [6, 6.07) is 6.41. The third-order valence-corrected chi connectivity index (χ3v) is 2.04. The van der Waals surface area contributed by atoms with Gasteiger partial charge in [-0.25, -0.2) is 9.78 Å². The first-order valence-electron chi connectivity index (χ1n) is 5.10. The van der Waals surface area contributed by atoms with Crippen LogP contribution >= 0.6 is 0 Å². The number of carbonyl (C=O) groups excluding carboxylic acids is 1. The molecule has 0 aliphatic heterocycles. The minimum absolute atomic E-state index is 0.0509. The molecular formula is C11H11N3O3. The molecule has 0 spiro atoms. The van der Waals surface area contributed by atoms with Crippen molar-refractivity contribution < 1.29 is 14.6 Å². The summed E-state index contributed by atoms with van der Waals surface area (Å²) in [4.78, 5) is 15.4. The summed E-state index contributed by atoms with van der Waals surface area (Å²) in [7, 11) is 0. The van der Waals surface area contributed by atoms with Crippen LogP contribution < -0.4 is 0 Å². The van der Waals surface area contributed by atoms with Crippen molar-refractivity contribution >= 4 is 5.97 Å². The van der Waals surface area contributed by atoms with Crippen molar-refractivity contribution in [2.75, 3.05) is 6.61 Å². The Morgan fingerprint density at radius 2 is 2.35 bits per heavy atom. The maximum absolute atomic E-state index is 11.4. The minimum Gasteiger partial charge on any atom is -0.493 e. The van der Waals surface area contributed by atoms with E-state index < -0.39 is 5.97 Å². The molecule has 0 radical (unpaired) electrons. The molecule has 17 heavy (non-hydrogen) atoms. The van der Waals surface area contributed by atoms with Crippen molar-refractivity contribution in [1.29, 1.82) is 0 Å². The molecule has 2 aromatic rings. The van der Waals surface area contributed by atoms with Gasteiger partial charge in [0.05, 0.1) is 6.61 Å². The van der Waals surface area contributed by atoms with Crippen LogP contribution in [0, 0.1) is 0 Å². The van der Waals surface area contributed by atoms with Crippen LogP contribution in [0.25, 0.3) is 5.82 Å². The van der Waals surface area contributed by atoms with Crippen molar-refractivity contribution in [2.24, 2.45) is 0 Å². The Hall–Kier alpha value is -2.37. The van der Waals surface area contributed by atoms with Crippen LogP contribution in [0.1, 0.15) is 17.4 Å². The molecule has 2 heterocycles. The van der Waals surface area contributed by atoms with Crippen LogP contribution in [0.15, 0.2) is 30.5 Å². The summed E-state index contributed by atoms with van der Waals surface area (Å²) in [5.74, 6) is -0.301. The molecule has 0 saturated carbocycles. The van der Waals surface area contributed by atoms with E-state index in [2.05, 4.69) is 10.1 Å². The van der Waals surface area contributed by atoms with Crippen LogP contribution in [0.4, 0.5) is 0 Å². The highest BCUT2D eigenvalue weighted by atomic mass is 16.5. The van der Waals surface area contributed by atoms with E-state index in [0.29, 0.717) is 5.82 Å². The molecule has 0 atom stereocenters. The monoisotopic (exact) mass is 233 g/mol. The predicted molar refractivity (Wildman–Crippen MR) is 59.0 cm³/mol. The Morgan fingerprint density at radius 3 is 3.00 bits per heavy atom. The van der Waals surface area contributed by atoms with E-state index >= 15 is 0 Å². The van der Waals surface area contributed by atoms with Gasteiger partial charge < -0.3 is 9.84 Å². The highest BCUT2D eigenvalue weighted by Gasteiger charge is 2.15. The number of ether oxygens (including phenoxy) is 1. The topological polar surface area (TPSA) is 77.2 Å². The van der Waals surface area contributed by atoms with Gasteiger partial charge in [-0.15, -0.1) is 0 Å². The summed E-state index contributed by atoms with van der Waals surface area (Å²) in [6.45, 7) is 1.96. The van der Waals surface area contributed by atoms with Crippen LogP contribution in [-0.2, 0) is 4.74 Å². The Labute approximate surface area is 97.5 Å². The molecular weight excluding hydrogens is 222 g/mol. The average molecular weight is 233 g/mol. The number of hydrogen-bond acceptors (Lipinski definition) is 5. The number of aromatic nitrogens is 3. The molecule has 2 rings (SSSR count). The first-order chi connectivity index (χ1) is 8.22. The molecule has 0 fully saturated rings. The fourth-order valence-electron chi connectivity index (χ4n) is 1.32. The minimum atomic E-state index is -0.572. The average Bonchev–Trinajstić information content (AvgIpc) is 2.73. The second kappa shape index (κ2) is 4.65. The smallest absolute Gasteiger partial charge is 0.358 e. The number of nitrogens with zero attached hydrogens (tertiary/aromatic N) is 3. The van der Waals surface area contributed by atoms with Crippen LogP contribution in [0.3, 0.4) is 0 Å². The standard InChI is InChI=1S/C11H11N3O3/c1-2-17-11(16)8-7-10(15)14(13-8)9-5-3-4-6-12-9/h3-7,15H,2H2,1H3. The second-order valence-electron chi connectivity index (χ2n) is 3.21. The highest BCUT2D eigenvalue weighted by molar-refractivity contribution is 5.87. The van der Waals surface area contributed by atoms with Gasteiger partial charge in [0.2, 0.25) is 5.88 Å². The van der Waals surface area contributed by atoms with Gasteiger partial charge >= 0.3 is 5.97 Å². The quantitative estimate of drug-likeness (QED) is 0.804. The molecule has 6 heteroatoms. The van der Waals surface area contributed by atoms with Crippen molar-refractivity contribution in [3.63, 3.8) is 0 Å². The van der Waals surface area contributed by atoms with E-state index in [4.69, 9.17) is 4.74 Å². The van der Waals surface area contributed by atoms with E-state index in [0.717, 1.165) is 0 Å². The van der Waals surface area contributed by atoms with Crippen molar-refractivity contribution in [3.05, 3.63) is 36.2 Å². The molecule has 88 valence electrons. The molecule has 0 aliphatic rings. The summed E-state index contributed by atoms with van der Waals surface area (Å²) >= 11 is 0. The van der Waals surface area contributed by atoms with Gasteiger partial charge in [0.25, 0.3) is 0 Å². The maximum Gasteiger partial charge on any atom is 0.358 e. The largest absolute Gasteiger partial charge is 0.493 e. The number of hydrogen-bond donors (Lipinski definition) is 1. The predicted octanol–water partition coefficient (Wildman–Crippen LogP) is 1.15. The number of rotatable bonds is 3. The lowest BCUT2D eigenvalue weighted by atomic mass is 10.4. The summed E-state index contributed by atoms with van der Waals surface area (Å²) in [6.07, 6.45) is 1.57. The third kappa shape index (κ3) is 2.25. The lowest BCUT2D eigenvalue weighted by molar-refractivity contribution is 0.0519. The first kappa shape index (κ1) is 11.1. The molecule has 0 aliphatic carbocycles. The Bertz CT molecular complexity index is 522. The number of carbonyl (C=O) groups is 1. The van der Waals surface area contributed by atoms with E-state index in [9.17, 15) is 9.90 Å². The third-order valence-electron chi connectivity index (χ3n) is 2.04. The van der Waals surface area contributed by atoms with Gasteiger partial charge in [-0.2, -0.15) is 9.78 Å². The van der Waals surface area contributed by atoms with Gasteiger partial charge in [0.1, 0.15) is 0 Å². The van der Waals surface area contributed by atoms with Gasteiger partial charge in [-0.05, 0) is 19.1 Å². The molecule has 6 nitrogen and oxygen atoms in total. The maximum atomic E-state index is 11.4. The van der Waals surface area contributed by atoms with Crippen LogP contribution in [-0.4, -0.2) is 32.4 Å². The van der Waals surface area contributed by atoms with Crippen molar-refractivity contribution in [3.8, 4) is 11.7 Å².